The molecule has 3 fully saturated rings. The Hall–Kier alpha value is -1.43. The summed E-state index contributed by atoms with van der Waals surface area (Å²) in [5.41, 5.74) is 0.925. The van der Waals surface area contributed by atoms with Crippen LogP contribution < -0.4 is 5.32 Å². The van der Waals surface area contributed by atoms with E-state index in [0.717, 1.165) is 17.0 Å². The van der Waals surface area contributed by atoms with Crippen LogP contribution in [-0.4, -0.2) is 41.5 Å². The highest BCUT2D eigenvalue weighted by atomic mass is 35.5. The second-order valence-electron chi connectivity index (χ2n) is 6.23. The number of rotatable bonds is 3. The van der Waals surface area contributed by atoms with Crippen molar-refractivity contribution in [2.24, 2.45) is 5.92 Å². The topological polar surface area (TPSA) is 45.2 Å². The summed E-state index contributed by atoms with van der Waals surface area (Å²) in [6, 6.07) is 7.90. The van der Waals surface area contributed by atoms with E-state index in [1.807, 2.05) is 24.3 Å². The van der Waals surface area contributed by atoms with Gasteiger partial charge in [-0.1, -0.05) is 29.8 Å². The van der Waals surface area contributed by atoms with Gasteiger partial charge in [0.2, 0.25) is 0 Å². The number of amides is 1. The Morgan fingerprint density at radius 1 is 1.30 bits per heavy atom. The normalized spacial score (nSPS) is 26.2. The van der Waals surface area contributed by atoms with Crippen molar-refractivity contribution in [2.45, 2.75) is 18.9 Å². The first-order valence-corrected chi connectivity index (χ1v) is 9.14. The lowest BCUT2D eigenvalue weighted by Crippen LogP contribution is -2.57. The molecule has 1 N–H and O–H groups in total. The van der Waals surface area contributed by atoms with Crippen molar-refractivity contribution >= 4 is 28.8 Å². The fourth-order valence-electron chi connectivity index (χ4n) is 3.52. The molecule has 3 aliphatic rings. The van der Waals surface area contributed by atoms with Gasteiger partial charge in [0.05, 0.1) is 4.88 Å². The zero-order chi connectivity index (χ0) is 15.8. The summed E-state index contributed by atoms with van der Waals surface area (Å²) >= 11 is 7.61. The highest BCUT2D eigenvalue weighted by Crippen LogP contribution is 2.32. The quantitative estimate of drug-likeness (QED) is 0.926. The zero-order valence-electron chi connectivity index (χ0n) is 12.7. The van der Waals surface area contributed by atoms with Crippen LogP contribution in [0.4, 0.5) is 0 Å². The lowest BCUT2D eigenvalue weighted by molar-refractivity contribution is 0.0620. The maximum Gasteiger partial charge on any atom is 0.280 e. The third-order valence-corrected chi connectivity index (χ3v) is 6.17. The van der Waals surface area contributed by atoms with Crippen molar-refractivity contribution in [3.8, 4) is 10.4 Å². The summed E-state index contributed by atoms with van der Waals surface area (Å²) in [6.45, 7) is 3.31. The molecule has 4 nitrogen and oxygen atoms in total. The van der Waals surface area contributed by atoms with E-state index in [-0.39, 0.29) is 11.9 Å². The van der Waals surface area contributed by atoms with E-state index in [1.54, 1.807) is 6.20 Å². The van der Waals surface area contributed by atoms with Gasteiger partial charge in [-0.25, -0.2) is 4.98 Å². The average Bonchev–Trinajstić information content (AvgIpc) is 3.06. The van der Waals surface area contributed by atoms with Gasteiger partial charge in [0.25, 0.3) is 5.91 Å². The minimum Gasteiger partial charge on any atom is -0.346 e. The van der Waals surface area contributed by atoms with E-state index in [9.17, 15) is 4.79 Å². The van der Waals surface area contributed by atoms with Crippen molar-refractivity contribution in [1.29, 1.82) is 0 Å². The maximum atomic E-state index is 12.5. The summed E-state index contributed by atoms with van der Waals surface area (Å²) in [6.07, 6.45) is 4.11. The fourth-order valence-corrected chi connectivity index (χ4v) is 4.68. The Labute approximate surface area is 144 Å². The highest BCUT2D eigenvalue weighted by molar-refractivity contribution is 7.17. The zero-order valence-corrected chi connectivity index (χ0v) is 14.2. The lowest BCUT2D eigenvalue weighted by atomic mass is 9.84. The van der Waals surface area contributed by atoms with Gasteiger partial charge in [0, 0.05) is 29.4 Å². The number of carbonyl (C=O) groups excluding carboxylic acids is 1. The van der Waals surface area contributed by atoms with E-state index in [2.05, 4.69) is 15.2 Å². The first kappa shape index (κ1) is 15.1. The number of nitrogens with zero attached hydrogens (tertiary/aromatic N) is 2. The average molecular weight is 348 g/mol. The van der Waals surface area contributed by atoms with Gasteiger partial charge in [-0.15, -0.1) is 11.3 Å². The third-order valence-electron chi connectivity index (χ3n) is 4.81. The van der Waals surface area contributed by atoms with E-state index in [0.29, 0.717) is 15.9 Å². The Balaban J connectivity index is 1.48. The molecule has 0 spiro atoms. The molecule has 3 aliphatic heterocycles. The van der Waals surface area contributed by atoms with Gasteiger partial charge in [-0.3, -0.25) is 4.79 Å². The molecule has 3 saturated heterocycles. The number of piperidine rings is 3. The number of fused-ring (bicyclic) bond motifs is 3. The molecule has 4 heterocycles. The first-order chi connectivity index (χ1) is 11.2. The molecule has 2 aromatic rings. The highest BCUT2D eigenvalue weighted by Gasteiger charge is 2.35. The molecular formula is C17H18ClN3OS. The summed E-state index contributed by atoms with van der Waals surface area (Å²) in [4.78, 5) is 20.2. The SMILES string of the molecule is O=C(NC1CN2CCC1CC2)c1ncc(-c2ccccc2Cl)s1. The van der Waals surface area contributed by atoms with E-state index >= 15 is 0 Å². The van der Waals surface area contributed by atoms with Crippen LogP contribution in [0.15, 0.2) is 30.5 Å². The van der Waals surface area contributed by atoms with Crippen LogP contribution in [-0.2, 0) is 0 Å². The number of carbonyl (C=O) groups is 1. The predicted octanol–water partition coefficient (Wildman–Crippen LogP) is 3.29. The fraction of sp³-hybridized carbons (Fsp3) is 0.412. The Bertz CT molecular complexity index is 724. The van der Waals surface area contributed by atoms with E-state index in [1.165, 1.54) is 37.3 Å². The van der Waals surface area contributed by atoms with Crippen LogP contribution in [0.2, 0.25) is 5.02 Å². The van der Waals surface area contributed by atoms with Crippen molar-refractivity contribution in [1.82, 2.24) is 15.2 Å². The number of hydrogen-bond donors (Lipinski definition) is 1. The molecule has 1 amide bonds. The van der Waals surface area contributed by atoms with Crippen LogP contribution in [0, 0.1) is 5.92 Å². The molecule has 1 aromatic carbocycles. The maximum absolute atomic E-state index is 12.5. The minimum atomic E-state index is -0.0629. The molecule has 2 bridgehead atoms. The minimum absolute atomic E-state index is 0.0629. The van der Waals surface area contributed by atoms with Gasteiger partial charge >= 0.3 is 0 Å². The van der Waals surface area contributed by atoms with Crippen LogP contribution in [0.1, 0.15) is 22.6 Å². The molecule has 1 aromatic heterocycles. The van der Waals surface area contributed by atoms with Crippen LogP contribution in [0.5, 0.6) is 0 Å². The molecule has 1 atom stereocenters. The molecule has 23 heavy (non-hydrogen) atoms. The van der Waals surface area contributed by atoms with Gasteiger partial charge < -0.3 is 10.2 Å². The van der Waals surface area contributed by atoms with Crippen molar-refractivity contribution in [3.05, 3.63) is 40.5 Å². The largest absolute Gasteiger partial charge is 0.346 e. The number of aromatic nitrogens is 1. The molecular weight excluding hydrogens is 330 g/mol. The van der Waals surface area contributed by atoms with E-state index < -0.39 is 0 Å². The summed E-state index contributed by atoms with van der Waals surface area (Å²) in [7, 11) is 0. The summed E-state index contributed by atoms with van der Waals surface area (Å²) in [5, 5.41) is 4.37. The van der Waals surface area contributed by atoms with Crippen molar-refractivity contribution < 1.29 is 4.79 Å². The van der Waals surface area contributed by atoms with Gasteiger partial charge in [0.1, 0.15) is 0 Å². The predicted molar refractivity (Wildman–Crippen MR) is 93.0 cm³/mol. The van der Waals surface area contributed by atoms with Crippen LogP contribution >= 0.6 is 22.9 Å². The molecule has 0 aliphatic carbocycles. The van der Waals surface area contributed by atoms with Crippen molar-refractivity contribution in [2.75, 3.05) is 19.6 Å². The molecule has 5 rings (SSSR count). The second kappa shape index (κ2) is 6.23. The van der Waals surface area contributed by atoms with Gasteiger partial charge in [-0.05, 0) is 37.9 Å². The number of nitrogens with one attached hydrogen (secondary N) is 1. The molecule has 6 heteroatoms. The molecule has 0 saturated carbocycles. The van der Waals surface area contributed by atoms with Gasteiger partial charge in [-0.2, -0.15) is 0 Å². The first-order valence-electron chi connectivity index (χ1n) is 7.94. The Kier molecular flexibility index (Phi) is 4.09. The summed E-state index contributed by atoms with van der Waals surface area (Å²) in [5.74, 6) is 0.555. The van der Waals surface area contributed by atoms with Crippen molar-refractivity contribution in [3.63, 3.8) is 0 Å². The smallest absolute Gasteiger partial charge is 0.280 e. The molecule has 120 valence electrons. The monoisotopic (exact) mass is 347 g/mol. The number of thiazole rings is 1. The number of benzene rings is 1. The second-order valence-corrected chi connectivity index (χ2v) is 7.67. The molecule has 1 unspecified atom stereocenters. The lowest BCUT2D eigenvalue weighted by Gasteiger charge is -2.44. The number of halogens is 1. The van der Waals surface area contributed by atoms with Crippen LogP contribution in [0.3, 0.4) is 0 Å². The summed E-state index contributed by atoms with van der Waals surface area (Å²) < 4.78 is 0. The Morgan fingerprint density at radius 3 is 2.78 bits per heavy atom. The van der Waals surface area contributed by atoms with E-state index in [4.69, 9.17) is 11.6 Å². The molecule has 0 radical (unpaired) electrons. The van der Waals surface area contributed by atoms with Gasteiger partial charge in [0.15, 0.2) is 5.01 Å². The third kappa shape index (κ3) is 3.01. The Morgan fingerprint density at radius 2 is 2.09 bits per heavy atom. The number of hydrogen-bond acceptors (Lipinski definition) is 4. The standard InChI is InChI=1S/C17H18ClN3OS/c18-13-4-2-1-3-12(13)15-9-19-17(23-15)16(22)20-14-10-21-7-5-11(14)6-8-21/h1-4,9,11,14H,5-8,10H2,(H,20,22). The van der Waals surface area contributed by atoms with Crippen LogP contribution in [0.25, 0.3) is 10.4 Å².